The van der Waals surface area contributed by atoms with Crippen LogP contribution in [0.1, 0.15) is 22.8 Å². The number of methoxy groups -OCH3 is 1. The van der Waals surface area contributed by atoms with Gasteiger partial charge in [-0.1, -0.05) is 12.1 Å². The predicted octanol–water partition coefficient (Wildman–Crippen LogP) is 2.93. The lowest BCUT2D eigenvalue weighted by molar-refractivity contribution is -0.125. The monoisotopic (exact) mass is 329 g/mol. The number of amides is 1. The van der Waals surface area contributed by atoms with E-state index >= 15 is 0 Å². The Labute approximate surface area is 138 Å². The number of rotatable bonds is 3. The summed E-state index contributed by atoms with van der Waals surface area (Å²) in [6, 6.07) is 10.7. The van der Waals surface area contributed by atoms with E-state index in [-0.39, 0.29) is 18.3 Å². The van der Waals surface area contributed by atoms with Crippen LogP contribution < -0.4 is 9.64 Å². The number of carbonyl (C=O) groups is 2. The van der Waals surface area contributed by atoms with Crippen molar-refractivity contribution in [3.8, 4) is 5.75 Å². The number of esters is 1. The lowest BCUT2D eigenvalue weighted by Gasteiger charge is -2.33. The molecule has 5 nitrogen and oxygen atoms in total. The highest BCUT2D eigenvalue weighted by molar-refractivity contribution is 6.01. The van der Waals surface area contributed by atoms with Gasteiger partial charge in [0.2, 0.25) is 0 Å². The molecule has 3 rings (SSSR count). The summed E-state index contributed by atoms with van der Waals surface area (Å²) in [4.78, 5) is 25.8. The van der Waals surface area contributed by atoms with E-state index in [0.29, 0.717) is 17.0 Å². The summed E-state index contributed by atoms with van der Waals surface area (Å²) in [5.74, 6) is -0.551. The molecular weight excluding hydrogens is 313 g/mol. The fraction of sp³-hybridized carbons (Fsp3) is 0.222. The van der Waals surface area contributed by atoms with Crippen LogP contribution in [0.15, 0.2) is 42.5 Å². The molecule has 1 heterocycles. The Balaban J connectivity index is 2.00. The van der Waals surface area contributed by atoms with Gasteiger partial charge < -0.3 is 14.4 Å². The fourth-order valence-corrected chi connectivity index (χ4v) is 2.59. The Kier molecular flexibility index (Phi) is 4.20. The lowest BCUT2D eigenvalue weighted by atomic mass is 10.1. The number of benzene rings is 2. The van der Waals surface area contributed by atoms with E-state index in [2.05, 4.69) is 0 Å². The zero-order valence-electron chi connectivity index (χ0n) is 13.3. The minimum absolute atomic E-state index is 0.228. The van der Waals surface area contributed by atoms with Gasteiger partial charge in [-0.3, -0.25) is 4.79 Å². The largest absolute Gasteiger partial charge is 0.479 e. The maximum Gasteiger partial charge on any atom is 0.337 e. The molecule has 124 valence electrons. The van der Waals surface area contributed by atoms with Gasteiger partial charge in [0, 0.05) is 0 Å². The van der Waals surface area contributed by atoms with Crippen molar-refractivity contribution in [3.05, 3.63) is 59.4 Å². The first-order valence-corrected chi connectivity index (χ1v) is 7.44. The summed E-state index contributed by atoms with van der Waals surface area (Å²) in [5.41, 5.74) is 1.59. The number of ether oxygens (including phenoxy) is 2. The molecule has 1 aliphatic heterocycles. The summed E-state index contributed by atoms with van der Waals surface area (Å²) < 4.78 is 23.4. The maximum absolute atomic E-state index is 13.1. The molecule has 24 heavy (non-hydrogen) atoms. The quantitative estimate of drug-likeness (QED) is 0.813. The van der Waals surface area contributed by atoms with Crippen molar-refractivity contribution in [2.24, 2.45) is 0 Å². The van der Waals surface area contributed by atoms with Crippen molar-refractivity contribution in [1.82, 2.24) is 0 Å². The minimum atomic E-state index is -0.637. The number of nitrogens with zero attached hydrogens (tertiary/aromatic N) is 1. The van der Waals surface area contributed by atoms with Gasteiger partial charge >= 0.3 is 5.97 Å². The van der Waals surface area contributed by atoms with Crippen LogP contribution in [0.4, 0.5) is 10.1 Å². The highest BCUT2D eigenvalue weighted by Gasteiger charge is 2.32. The summed E-state index contributed by atoms with van der Waals surface area (Å²) in [7, 11) is 1.29. The third kappa shape index (κ3) is 2.95. The van der Waals surface area contributed by atoms with Crippen LogP contribution >= 0.6 is 0 Å². The molecular formula is C18H16FNO4. The van der Waals surface area contributed by atoms with E-state index in [0.717, 1.165) is 5.56 Å². The van der Waals surface area contributed by atoms with Crippen molar-refractivity contribution < 1.29 is 23.5 Å². The number of carbonyl (C=O) groups excluding carboxylic acids is 2. The molecule has 0 saturated heterocycles. The van der Waals surface area contributed by atoms with Crippen LogP contribution in [-0.4, -0.2) is 25.1 Å². The standard InChI is InChI=1S/C18H16FNO4/c1-11-17(21)20(10-12-3-6-14(19)7-4-12)15-9-13(18(22)23-2)5-8-16(15)24-11/h3-9,11H,10H2,1-2H3. The van der Waals surface area contributed by atoms with E-state index < -0.39 is 12.1 Å². The van der Waals surface area contributed by atoms with E-state index in [4.69, 9.17) is 9.47 Å². The zero-order chi connectivity index (χ0) is 17.3. The third-order valence-electron chi connectivity index (χ3n) is 3.84. The molecule has 0 radical (unpaired) electrons. The number of hydrogen-bond acceptors (Lipinski definition) is 4. The van der Waals surface area contributed by atoms with Crippen molar-refractivity contribution in [2.45, 2.75) is 19.6 Å². The van der Waals surface area contributed by atoms with Gasteiger partial charge in [-0.15, -0.1) is 0 Å². The second kappa shape index (κ2) is 6.31. The van der Waals surface area contributed by atoms with Crippen molar-refractivity contribution in [2.75, 3.05) is 12.0 Å². The second-order valence-electron chi connectivity index (χ2n) is 5.49. The van der Waals surface area contributed by atoms with Crippen LogP contribution in [0.25, 0.3) is 0 Å². The van der Waals surface area contributed by atoms with Crippen LogP contribution in [0.3, 0.4) is 0 Å². The van der Waals surface area contributed by atoms with Gasteiger partial charge in [-0.25, -0.2) is 9.18 Å². The summed E-state index contributed by atoms with van der Waals surface area (Å²) in [5, 5.41) is 0. The molecule has 2 aromatic rings. The van der Waals surface area contributed by atoms with Crippen molar-refractivity contribution in [3.63, 3.8) is 0 Å². The van der Waals surface area contributed by atoms with E-state index in [1.165, 1.54) is 24.1 Å². The van der Waals surface area contributed by atoms with Crippen LogP contribution in [-0.2, 0) is 16.1 Å². The zero-order valence-corrected chi connectivity index (χ0v) is 13.3. The first kappa shape index (κ1) is 16.0. The molecule has 1 atom stereocenters. The molecule has 0 fully saturated rings. The Morgan fingerprint density at radius 2 is 1.96 bits per heavy atom. The molecule has 0 aliphatic carbocycles. The van der Waals surface area contributed by atoms with Gasteiger partial charge in [0.15, 0.2) is 6.10 Å². The van der Waals surface area contributed by atoms with Crippen LogP contribution in [0.5, 0.6) is 5.75 Å². The molecule has 0 aromatic heterocycles. The number of fused-ring (bicyclic) bond motifs is 1. The number of anilines is 1. The molecule has 0 saturated carbocycles. The lowest BCUT2D eigenvalue weighted by Crippen LogP contribution is -2.44. The number of halogens is 1. The number of hydrogen-bond donors (Lipinski definition) is 0. The summed E-state index contributed by atoms with van der Waals surface area (Å²) in [6.45, 7) is 1.92. The predicted molar refractivity (Wildman–Crippen MR) is 85.5 cm³/mol. The van der Waals surface area contributed by atoms with Crippen molar-refractivity contribution in [1.29, 1.82) is 0 Å². The van der Waals surface area contributed by atoms with Gasteiger partial charge in [0.1, 0.15) is 11.6 Å². The molecule has 1 unspecified atom stereocenters. The van der Waals surface area contributed by atoms with E-state index in [9.17, 15) is 14.0 Å². The highest BCUT2D eigenvalue weighted by Crippen LogP contribution is 2.36. The molecule has 2 aromatic carbocycles. The first-order valence-electron chi connectivity index (χ1n) is 7.44. The maximum atomic E-state index is 13.1. The molecule has 0 bridgehead atoms. The minimum Gasteiger partial charge on any atom is -0.479 e. The molecule has 1 aliphatic rings. The topological polar surface area (TPSA) is 55.8 Å². The van der Waals surface area contributed by atoms with Crippen molar-refractivity contribution >= 4 is 17.6 Å². The third-order valence-corrected chi connectivity index (χ3v) is 3.84. The normalized spacial score (nSPS) is 16.4. The average Bonchev–Trinajstić information content (AvgIpc) is 2.59. The Hall–Kier alpha value is -2.89. The van der Waals surface area contributed by atoms with Gasteiger partial charge in [-0.05, 0) is 42.8 Å². The summed E-state index contributed by atoms with van der Waals surface area (Å²) >= 11 is 0. The Morgan fingerprint density at radius 3 is 2.62 bits per heavy atom. The van der Waals surface area contributed by atoms with Gasteiger partial charge in [0.25, 0.3) is 5.91 Å². The molecule has 0 N–H and O–H groups in total. The second-order valence-corrected chi connectivity index (χ2v) is 5.49. The fourth-order valence-electron chi connectivity index (χ4n) is 2.59. The Morgan fingerprint density at radius 1 is 1.25 bits per heavy atom. The SMILES string of the molecule is COC(=O)c1ccc2c(c1)N(Cc1ccc(F)cc1)C(=O)C(C)O2. The molecule has 0 spiro atoms. The van der Waals surface area contributed by atoms with Gasteiger partial charge in [-0.2, -0.15) is 0 Å². The highest BCUT2D eigenvalue weighted by atomic mass is 19.1. The molecule has 6 heteroatoms. The first-order chi connectivity index (χ1) is 11.5. The molecule has 1 amide bonds. The van der Waals surface area contributed by atoms with Gasteiger partial charge in [0.05, 0.1) is 24.9 Å². The Bertz CT molecular complexity index is 788. The smallest absolute Gasteiger partial charge is 0.337 e. The average molecular weight is 329 g/mol. The van der Waals surface area contributed by atoms with E-state index in [1.807, 2.05) is 0 Å². The van der Waals surface area contributed by atoms with Crippen LogP contribution in [0, 0.1) is 5.82 Å². The van der Waals surface area contributed by atoms with Crippen LogP contribution in [0.2, 0.25) is 0 Å². The van der Waals surface area contributed by atoms with E-state index in [1.54, 1.807) is 37.3 Å². The summed E-state index contributed by atoms with van der Waals surface area (Å²) in [6.07, 6.45) is -0.637.